The highest BCUT2D eigenvalue weighted by Crippen LogP contribution is 2.38. The molecule has 1 nitrogen and oxygen atoms in total. The van der Waals surface area contributed by atoms with Crippen molar-refractivity contribution in [3.05, 3.63) is 70.3 Å². The van der Waals surface area contributed by atoms with Crippen LogP contribution < -0.4 is 0 Å². The molecule has 0 aromatic heterocycles. The van der Waals surface area contributed by atoms with Crippen LogP contribution in [0.5, 0.6) is 0 Å². The third-order valence-electron chi connectivity index (χ3n) is 5.72. The number of aliphatic hydroxyl groups excluding tert-OH is 1. The lowest BCUT2D eigenvalue weighted by molar-refractivity contribution is 0.0881. The predicted octanol–water partition coefficient (Wildman–Crippen LogP) is 5.22. The molecular weight excluding hydrogens is 304 g/mol. The van der Waals surface area contributed by atoms with Crippen molar-refractivity contribution in [1.82, 2.24) is 0 Å². The smallest absolute Gasteiger partial charge is 0.0548 e. The molecule has 1 heteroatoms. The number of benzene rings is 2. The van der Waals surface area contributed by atoms with E-state index in [1.165, 1.54) is 28.7 Å². The zero-order chi connectivity index (χ0) is 17.8. The Kier molecular flexibility index (Phi) is 5.61. The highest BCUT2D eigenvalue weighted by Gasteiger charge is 2.27. The molecule has 1 aliphatic carbocycles. The third-order valence-corrected chi connectivity index (χ3v) is 5.72. The van der Waals surface area contributed by atoms with Crippen molar-refractivity contribution < 1.29 is 5.11 Å². The van der Waals surface area contributed by atoms with Crippen molar-refractivity contribution in [2.75, 3.05) is 0 Å². The van der Waals surface area contributed by atoms with Gasteiger partial charge in [0.2, 0.25) is 0 Å². The molecule has 1 saturated carbocycles. The second kappa shape index (κ2) is 7.89. The van der Waals surface area contributed by atoms with E-state index < -0.39 is 0 Å². The summed E-state index contributed by atoms with van der Waals surface area (Å²) in [4.78, 5) is 0. The van der Waals surface area contributed by atoms with Crippen molar-refractivity contribution in [3.8, 4) is 12.3 Å². The van der Waals surface area contributed by atoms with E-state index in [-0.39, 0.29) is 6.10 Å². The van der Waals surface area contributed by atoms with Crippen LogP contribution >= 0.6 is 0 Å². The quantitative estimate of drug-likeness (QED) is 0.761. The Balaban J connectivity index is 1.81. The van der Waals surface area contributed by atoms with Gasteiger partial charge in [-0.05, 0) is 78.8 Å². The monoisotopic (exact) mass is 332 g/mol. The molecule has 0 radical (unpaired) electrons. The van der Waals surface area contributed by atoms with E-state index in [0.717, 1.165) is 31.2 Å². The molecule has 0 heterocycles. The summed E-state index contributed by atoms with van der Waals surface area (Å²) in [5.74, 6) is 3.80. The molecule has 1 aliphatic rings. The van der Waals surface area contributed by atoms with Crippen molar-refractivity contribution in [2.24, 2.45) is 5.92 Å². The summed E-state index contributed by atoms with van der Waals surface area (Å²) in [6.07, 6.45) is 10.4. The molecule has 130 valence electrons. The van der Waals surface area contributed by atoms with E-state index in [0.29, 0.717) is 11.8 Å². The zero-order valence-electron chi connectivity index (χ0n) is 15.3. The average Bonchev–Trinajstić information content (AvgIpc) is 2.63. The second-order valence-electron chi connectivity index (χ2n) is 7.54. The fraction of sp³-hybridized carbons (Fsp3) is 0.417. The Labute approximate surface area is 152 Å². The maximum absolute atomic E-state index is 10.2. The lowest BCUT2D eigenvalue weighted by Gasteiger charge is -2.32. The molecule has 2 aromatic carbocycles. The maximum Gasteiger partial charge on any atom is 0.0548 e. The number of aliphatic hydroxyl groups is 1. The fourth-order valence-corrected chi connectivity index (χ4v) is 4.08. The van der Waals surface area contributed by atoms with Gasteiger partial charge in [0.1, 0.15) is 0 Å². The van der Waals surface area contributed by atoms with Crippen molar-refractivity contribution >= 4 is 0 Å². The summed E-state index contributed by atoms with van der Waals surface area (Å²) in [7, 11) is 0. The first-order valence-electron chi connectivity index (χ1n) is 9.42. The first kappa shape index (κ1) is 17.8. The Hall–Kier alpha value is -2.04. The Morgan fingerprint density at radius 2 is 1.84 bits per heavy atom. The third kappa shape index (κ3) is 4.33. The lowest BCUT2D eigenvalue weighted by atomic mass is 9.75. The van der Waals surface area contributed by atoms with E-state index in [2.05, 4.69) is 50.1 Å². The van der Waals surface area contributed by atoms with Crippen molar-refractivity contribution in [3.63, 3.8) is 0 Å². The van der Waals surface area contributed by atoms with E-state index >= 15 is 0 Å². The standard InChI is InChI=1S/C24H28O/c1-4-18-7-9-20(10-8-18)13-22-15-21(11-6-17(22)3)23-12-19(5-2)14-24(25)16-23/h1,6-11,15,19,23-25H,5,12-14,16H2,2-3H3. The van der Waals surface area contributed by atoms with Gasteiger partial charge in [-0.15, -0.1) is 6.42 Å². The van der Waals surface area contributed by atoms with Crippen LogP contribution in [-0.4, -0.2) is 11.2 Å². The summed E-state index contributed by atoms with van der Waals surface area (Å²) in [6.45, 7) is 4.42. The van der Waals surface area contributed by atoms with Crippen molar-refractivity contribution in [1.29, 1.82) is 0 Å². The van der Waals surface area contributed by atoms with Crippen LogP contribution in [0.25, 0.3) is 0 Å². The Morgan fingerprint density at radius 3 is 2.52 bits per heavy atom. The number of hydrogen-bond donors (Lipinski definition) is 1. The number of rotatable bonds is 4. The zero-order valence-corrected chi connectivity index (χ0v) is 15.3. The van der Waals surface area contributed by atoms with Gasteiger partial charge in [0.25, 0.3) is 0 Å². The molecule has 0 spiro atoms. The summed E-state index contributed by atoms with van der Waals surface area (Å²) in [5, 5.41) is 10.2. The normalized spacial score (nSPS) is 23.2. The molecular formula is C24H28O. The molecule has 3 unspecified atom stereocenters. The maximum atomic E-state index is 10.2. The van der Waals surface area contributed by atoms with Gasteiger partial charge in [-0.2, -0.15) is 0 Å². The minimum absolute atomic E-state index is 0.148. The molecule has 1 fully saturated rings. The van der Waals surface area contributed by atoms with E-state index in [1.807, 2.05) is 12.1 Å². The number of hydrogen-bond acceptors (Lipinski definition) is 1. The predicted molar refractivity (Wildman–Crippen MR) is 105 cm³/mol. The Morgan fingerprint density at radius 1 is 1.08 bits per heavy atom. The summed E-state index contributed by atoms with van der Waals surface area (Å²) < 4.78 is 0. The second-order valence-corrected chi connectivity index (χ2v) is 7.54. The first-order valence-corrected chi connectivity index (χ1v) is 9.42. The van der Waals surface area contributed by atoms with Crippen LogP contribution in [0.4, 0.5) is 0 Å². The molecule has 0 amide bonds. The van der Waals surface area contributed by atoms with Gasteiger partial charge in [0.15, 0.2) is 0 Å². The van der Waals surface area contributed by atoms with E-state index in [9.17, 15) is 5.11 Å². The van der Waals surface area contributed by atoms with Gasteiger partial charge in [-0.1, -0.05) is 49.6 Å². The van der Waals surface area contributed by atoms with Gasteiger partial charge in [-0.25, -0.2) is 0 Å². The molecule has 25 heavy (non-hydrogen) atoms. The average molecular weight is 332 g/mol. The molecule has 0 saturated heterocycles. The minimum atomic E-state index is -0.148. The van der Waals surface area contributed by atoms with Crippen LogP contribution in [0.1, 0.15) is 66.3 Å². The van der Waals surface area contributed by atoms with Gasteiger partial charge in [0.05, 0.1) is 6.10 Å². The molecule has 0 bridgehead atoms. The van der Waals surface area contributed by atoms with Crippen molar-refractivity contribution in [2.45, 2.75) is 58.0 Å². The summed E-state index contributed by atoms with van der Waals surface area (Å²) in [5.41, 5.74) is 6.30. The SMILES string of the molecule is C#Cc1ccc(Cc2cc(C3CC(O)CC(CC)C3)ccc2C)cc1. The van der Waals surface area contributed by atoms with Gasteiger partial charge in [-0.3, -0.25) is 0 Å². The largest absolute Gasteiger partial charge is 0.393 e. The van der Waals surface area contributed by atoms with Gasteiger partial charge < -0.3 is 5.11 Å². The van der Waals surface area contributed by atoms with Crippen LogP contribution in [0, 0.1) is 25.2 Å². The summed E-state index contributed by atoms with van der Waals surface area (Å²) in [6, 6.07) is 15.1. The van der Waals surface area contributed by atoms with Crippen LogP contribution in [-0.2, 0) is 6.42 Å². The highest BCUT2D eigenvalue weighted by molar-refractivity contribution is 5.39. The van der Waals surface area contributed by atoms with Crippen LogP contribution in [0.3, 0.4) is 0 Å². The van der Waals surface area contributed by atoms with Gasteiger partial charge in [0, 0.05) is 5.56 Å². The van der Waals surface area contributed by atoms with Crippen LogP contribution in [0.2, 0.25) is 0 Å². The number of aryl methyl sites for hydroxylation is 1. The molecule has 3 atom stereocenters. The highest BCUT2D eigenvalue weighted by atomic mass is 16.3. The molecule has 2 aromatic rings. The topological polar surface area (TPSA) is 20.2 Å². The fourth-order valence-electron chi connectivity index (χ4n) is 4.08. The number of terminal acetylenes is 1. The lowest BCUT2D eigenvalue weighted by Crippen LogP contribution is -2.25. The minimum Gasteiger partial charge on any atom is -0.393 e. The first-order chi connectivity index (χ1) is 12.1. The Bertz CT molecular complexity index is 751. The van der Waals surface area contributed by atoms with Gasteiger partial charge >= 0.3 is 0 Å². The van der Waals surface area contributed by atoms with Crippen LogP contribution in [0.15, 0.2) is 42.5 Å². The molecule has 3 rings (SSSR count). The molecule has 1 N–H and O–H groups in total. The van der Waals surface area contributed by atoms with E-state index in [4.69, 9.17) is 6.42 Å². The van der Waals surface area contributed by atoms with E-state index in [1.54, 1.807) is 0 Å². The summed E-state index contributed by atoms with van der Waals surface area (Å²) >= 11 is 0. The molecule has 0 aliphatic heterocycles.